The Bertz CT molecular complexity index is 611. The fraction of sp³-hybridized carbons (Fsp3) is 0.353. The van der Waals surface area contributed by atoms with Crippen LogP contribution in [0.25, 0.3) is 0 Å². The molecule has 0 spiro atoms. The summed E-state index contributed by atoms with van der Waals surface area (Å²) in [7, 11) is 0. The molecule has 5 heteroatoms. The molecule has 2 N–H and O–H groups in total. The van der Waals surface area contributed by atoms with Gasteiger partial charge in [-0.25, -0.2) is 4.79 Å². The van der Waals surface area contributed by atoms with Crippen molar-refractivity contribution in [3.63, 3.8) is 0 Å². The molecule has 22 heavy (non-hydrogen) atoms. The van der Waals surface area contributed by atoms with Gasteiger partial charge in [-0.3, -0.25) is 0 Å². The Kier molecular flexibility index (Phi) is 5.83. The lowest BCUT2D eigenvalue weighted by Crippen LogP contribution is -2.36. The van der Waals surface area contributed by atoms with E-state index in [9.17, 15) is 4.79 Å². The van der Waals surface area contributed by atoms with Gasteiger partial charge < -0.3 is 15.4 Å². The van der Waals surface area contributed by atoms with Crippen LogP contribution in [-0.2, 0) is 6.54 Å². The van der Waals surface area contributed by atoms with Gasteiger partial charge in [0.1, 0.15) is 5.75 Å². The second-order valence-corrected chi connectivity index (χ2v) is 6.13. The first-order valence-corrected chi connectivity index (χ1v) is 8.28. The largest absolute Gasteiger partial charge is 0.494 e. The molecule has 1 unspecified atom stereocenters. The molecule has 0 bridgehead atoms. The number of urea groups is 1. The number of nitrogens with one attached hydrogen (secondary N) is 2. The number of thiophene rings is 1. The molecule has 0 radical (unpaired) electrons. The van der Waals surface area contributed by atoms with Gasteiger partial charge >= 0.3 is 6.03 Å². The maximum atomic E-state index is 12.0. The number of hydrogen-bond donors (Lipinski definition) is 2. The van der Waals surface area contributed by atoms with Crippen molar-refractivity contribution in [1.29, 1.82) is 0 Å². The summed E-state index contributed by atoms with van der Waals surface area (Å²) in [6, 6.07) is 9.70. The second-order valence-electron chi connectivity index (χ2n) is 5.10. The highest BCUT2D eigenvalue weighted by molar-refractivity contribution is 7.09. The Morgan fingerprint density at radius 3 is 2.86 bits per heavy atom. The number of carbonyl (C=O) groups is 1. The van der Waals surface area contributed by atoms with Gasteiger partial charge in [-0.15, -0.1) is 11.3 Å². The second kappa shape index (κ2) is 7.84. The predicted octanol–water partition coefficient (Wildman–Crippen LogP) is 4.02. The summed E-state index contributed by atoms with van der Waals surface area (Å²) < 4.78 is 5.64. The van der Waals surface area contributed by atoms with Crippen LogP contribution in [0.5, 0.6) is 5.75 Å². The van der Waals surface area contributed by atoms with Crippen LogP contribution < -0.4 is 15.4 Å². The van der Waals surface area contributed by atoms with Crippen LogP contribution in [0.15, 0.2) is 35.7 Å². The van der Waals surface area contributed by atoms with Gasteiger partial charge in [0.25, 0.3) is 0 Å². The molecular formula is C17H22N2O2S. The fourth-order valence-electron chi connectivity index (χ4n) is 2.20. The number of benzene rings is 1. The van der Waals surface area contributed by atoms with Crippen molar-refractivity contribution in [1.82, 2.24) is 10.6 Å². The zero-order valence-electron chi connectivity index (χ0n) is 13.2. The van der Waals surface area contributed by atoms with Crippen molar-refractivity contribution < 1.29 is 9.53 Å². The molecule has 1 aromatic heterocycles. The summed E-state index contributed by atoms with van der Waals surface area (Å²) >= 11 is 1.63. The highest BCUT2D eigenvalue weighted by Gasteiger charge is 2.14. The number of hydrogen-bond acceptors (Lipinski definition) is 3. The lowest BCUT2D eigenvalue weighted by Gasteiger charge is -2.19. The van der Waals surface area contributed by atoms with Crippen LogP contribution in [0, 0.1) is 6.92 Å². The molecule has 0 saturated heterocycles. The van der Waals surface area contributed by atoms with Gasteiger partial charge in [0.2, 0.25) is 0 Å². The molecular weight excluding hydrogens is 296 g/mol. The number of rotatable bonds is 6. The highest BCUT2D eigenvalue weighted by Crippen LogP contribution is 2.26. The molecule has 0 aliphatic heterocycles. The minimum absolute atomic E-state index is 0.121. The van der Waals surface area contributed by atoms with Crippen molar-refractivity contribution in [2.75, 3.05) is 6.61 Å². The van der Waals surface area contributed by atoms with Gasteiger partial charge in [-0.05, 0) is 38.3 Å². The van der Waals surface area contributed by atoms with E-state index in [1.54, 1.807) is 11.3 Å². The van der Waals surface area contributed by atoms with Crippen LogP contribution >= 0.6 is 11.3 Å². The normalized spacial score (nSPS) is 11.8. The predicted molar refractivity (Wildman–Crippen MR) is 90.5 cm³/mol. The van der Waals surface area contributed by atoms with Crippen LogP contribution in [0.1, 0.15) is 35.9 Å². The molecule has 1 heterocycles. The molecule has 1 aromatic carbocycles. The van der Waals surface area contributed by atoms with E-state index in [0.29, 0.717) is 13.2 Å². The zero-order chi connectivity index (χ0) is 15.9. The van der Waals surface area contributed by atoms with Crippen molar-refractivity contribution in [2.24, 2.45) is 0 Å². The highest BCUT2D eigenvalue weighted by atomic mass is 32.1. The first-order chi connectivity index (χ1) is 10.6. The zero-order valence-corrected chi connectivity index (χ0v) is 14.0. The number of ether oxygens (including phenoxy) is 1. The van der Waals surface area contributed by atoms with Gasteiger partial charge in [-0.2, -0.15) is 0 Å². The van der Waals surface area contributed by atoms with Crippen LogP contribution in [0.2, 0.25) is 0 Å². The van der Waals surface area contributed by atoms with E-state index < -0.39 is 0 Å². The molecule has 118 valence electrons. The van der Waals surface area contributed by atoms with Crippen LogP contribution in [0.3, 0.4) is 0 Å². The summed E-state index contributed by atoms with van der Waals surface area (Å²) in [6.07, 6.45) is 0. The van der Waals surface area contributed by atoms with Crippen molar-refractivity contribution in [3.8, 4) is 5.75 Å². The molecule has 0 saturated carbocycles. The lowest BCUT2D eigenvalue weighted by molar-refractivity contribution is 0.237. The maximum Gasteiger partial charge on any atom is 0.315 e. The minimum atomic E-state index is -0.176. The summed E-state index contributed by atoms with van der Waals surface area (Å²) in [5.74, 6) is 0.819. The third kappa shape index (κ3) is 4.49. The average molecular weight is 318 g/mol. The third-order valence-corrected chi connectivity index (χ3v) is 4.16. The monoisotopic (exact) mass is 318 g/mol. The van der Waals surface area contributed by atoms with Crippen LogP contribution in [-0.4, -0.2) is 12.6 Å². The van der Waals surface area contributed by atoms with Gasteiger partial charge in [-0.1, -0.05) is 23.8 Å². The quantitative estimate of drug-likeness (QED) is 0.845. The first kappa shape index (κ1) is 16.4. The number of carbonyl (C=O) groups excluding carboxylic acids is 1. The number of aryl methyl sites for hydroxylation is 1. The van der Waals surface area contributed by atoms with Crippen LogP contribution in [0.4, 0.5) is 4.79 Å². The fourth-order valence-corrected chi connectivity index (χ4v) is 2.84. The topological polar surface area (TPSA) is 50.4 Å². The van der Waals surface area contributed by atoms with Gasteiger partial charge in [0, 0.05) is 10.4 Å². The Hall–Kier alpha value is -2.01. The van der Waals surface area contributed by atoms with Gasteiger partial charge in [0.05, 0.1) is 19.2 Å². The summed E-state index contributed by atoms with van der Waals surface area (Å²) in [5.41, 5.74) is 2.14. The molecule has 2 rings (SSSR count). The first-order valence-electron chi connectivity index (χ1n) is 7.40. The maximum absolute atomic E-state index is 12.0. The van der Waals surface area contributed by atoms with E-state index in [4.69, 9.17) is 4.74 Å². The summed E-state index contributed by atoms with van der Waals surface area (Å²) in [4.78, 5) is 13.2. The number of amides is 2. The molecule has 2 aromatic rings. The van der Waals surface area contributed by atoms with Gasteiger partial charge in [0.15, 0.2) is 0 Å². The minimum Gasteiger partial charge on any atom is -0.494 e. The van der Waals surface area contributed by atoms with E-state index in [0.717, 1.165) is 21.8 Å². The van der Waals surface area contributed by atoms with Crippen molar-refractivity contribution in [2.45, 2.75) is 33.4 Å². The van der Waals surface area contributed by atoms with E-state index in [2.05, 4.69) is 16.7 Å². The Balaban J connectivity index is 1.97. The molecule has 0 aliphatic carbocycles. The molecule has 4 nitrogen and oxygen atoms in total. The van der Waals surface area contributed by atoms with E-state index in [1.807, 2.05) is 50.4 Å². The Morgan fingerprint density at radius 2 is 2.18 bits per heavy atom. The third-order valence-electron chi connectivity index (χ3n) is 3.28. The molecule has 0 aliphatic rings. The van der Waals surface area contributed by atoms with Crippen molar-refractivity contribution >= 4 is 17.4 Å². The standard InChI is InChI=1S/C17H22N2O2S/c1-4-21-16-8-7-12(2)10-15(16)13(3)19-17(20)18-11-14-6-5-9-22-14/h5-10,13H,4,11H2,1-3H3,(H2,18,19,20). The molecule has 0 fully saturated rings. The molecule has 1 atom stereocenters. The SMILES string of the molecule is CCOc1ccc(C)cc1C(C)NC(=O)NCc1cccs1. The van der Waals surface area contributed by atoms with E-state index >= 15 is 0 Å². The Labute approximate surface area is 135 Å². The smallest absolute Gasteiger partial charge is 0.315 e. The summed E-state index contributed by atoms with van der Waals surface area (Å²) in [5, 5.41) is 7.83. The van der Waals surface area contributed by atoms with E-state index in [1.165, 1.54) is 0 Å². The lowest BCUT2D eigenvalue weighted by atomic mass is 10.0. The molecule has 2 amide bonds. The van der Waals surface area contributed by atoms with Crippen molar-refractivity contribution in [3.05, 3.63) is 51.7 Å². The van der Waals surface area contributed by atoms with E-state index in [-0.39, 0.29) is 12.1 Å². The Morgan fingerprint density at radius 1 is 1.36 bits per heavy atom. The average Bonchev–Trinajstić information content (AvgIpc) is 3.00. The summed E-state index contributed by atoms with van der Waals surface area (Å²) in [6.45, 7) is 7.09.